The van der Waals surface area contributed by atoms with E-state index in [-0.39, 0.29) is 5.41 Å². The number of rotatable bonds is 5. The standard InChI is InChI=1S/C17H21N5O/c1-17(2,3)12-4-6-13(7-5-12)23-9-8-18-15-14-16(20-10-19-14)22-11-21-15/h4-7,10-11H,8-9H2,1-3H3,(H2,18,19,20,21,22). The van der Waals surface area contributed by atoms with Crippen molar-refractivity contribution in [3.63, 3.8) is 0 Å². The van der Waals surface area contributed by atoms with E-state index in [4.69, 9.17) is 4.74 Å². The van der Waals surface area contributed by atoms with Gasteiger partial charge in [-0.05, 0) is 23.1 Å². The van der Waals surface area contributed by atoms with Gasteiger partial charge in [-0.1, -0.05) is 32.9 Å². The number of nitrogens with zero attached hydrogens (tertiary/aromatic N) is 3. The molecule has 3 rings (SSSR count). The molecule has 0 aliphatic carbocycles. The smallest absolute Gasteiger partial charge is 0.182 e. The Labute approximate surface area is 135 Å². The van der Waals surface area contributed by atoms with Gasteiger partial charge in [0, 0.05) is 0 Å². The normalized spacial score (nSPS) is 11.6. The highest BCUT2D eigenvalue weighted by Crippen LogP contribution is 2.24. The number of aromatic amines is 1. The molecule has 0 atom stereocenters. The summed E-state index contributed by atoms with van der Waals surface area (Å²) in [5, 5.41) is 3.23. The largest absolute Gasteiger partial charge is 0.492 e. The molecule has 3 aromatic rings. The van der Waals surface area contributed by atoms with Gasteiger partial charge in [-0.25, -0.2) is 15.0 Å². The lowest BCUT2D eigenvalue weighted by molar-refractivity contribution is 0.332. The summed E-state index contributed by atoms with van der Waals surface area (Å²) in [7, 11) is 0. The summed E-state index contributed by atoms with van der Waals surface area (Å²) in [6, 6.07) is 8.25. The van der Waals surface area contributed by atoms with Gasteiger partial charge in [0.15, 0.2) is 11.5 Å². The van der Waals surface area contributed by atoms with Gasteiger partial charge < -0.3 is 15.0 Å². The first-order chi connectivity index (χ1) is 11.0. The number of nitrogens with one attached hydrogen (secondary N) is 2. The van der Waals surface area contributed by atoms with Crippen molar-refractivity contribution in [2.24, 2.45) is 0 Å². The molecule has 120 valence electrons. The number of anilines is 1. The molecule has 0 aliphatic rings. The fraction of sp³-hybridized carbons (Fsp3) is 0.353. The van der Waals surface area contributed by atoms with Gasteiger partial charge in [0.05, 0.1) is 12.9 Å². The summed E-state index contributed by atoms with van der Waals surface area (Å²) in [5.41, 5.74) is 2.91. The van der Waals surface area contributed by atoms with Crippen LogP contribution in [0.4, 0.5) is 5.82 Å². The number of aromatic nitrogens is 4. The Morgan fingerprint density at radius 1 is 1.09 bits per heavy atom. The first-order valence-corrected chi connectivity index (χ1v) is 7.65. The van der Waals surface area contributed by atoms with Crippen LogP contribution in [0, 0.1) is 0 Å². The first-order valence-electron chi connectivity index (χ1n) is 7.65. The quantitative estimate of drug-likeness (QED) is 0.708. The molecule has 2 heterocycles. The van der Waals surface area contributed by atoms with Gasteiger partial charge in [0.1, 0.15) is 24.2 Å². The summed E-state index contributed by atoms with van der Waals surface area (Å²) in [4.78, 5) is 15.4. The molecule has 0 saturated carbocycles. The maximum absolute atomic E-state index is 5.76. The minimum absolute atomic E-state index is 0.155. The predicted molar refractivity (Wildman–Crippen MR) is 90.8 cm³/mol. The number of hydrogen-bond acceptors (Lipinski definition) is 5. The van der Waals surface area contributed by atoms with Crippen molar-refractivity contribution < 1.29 is 4.74 Å². The molecule has 0 aliphatic heterocycles. The van der Waals surface area contributed by atoms with Crippen molar-refractivity contribution in [3.05, 3.63) is 42.5 Å². The van der Waals surface area contributed by atoms with Crippen LogP contribution in [-0.2, 0) is 5.41 Å². The summed E-state index contributed by atoms with van der Waals surface area (Å²) in [5.74, 6) is 1.60. The predicted octanol–water partition coefficient (Wildman–Crippen LogP) is 3.14. The molecule has 6 nitrogen and oxygen atoms in total. The Bertz CT molecular complexity index is 774. The number of H-pyrrole nitrogens is 1. The van der Waals surface area contributed by atoms with Crippen LogP contribution < -0.4 is 10.1 Å². The van der Waals surface area contributed by atoms with Gasteiger partial charge >= 0.3 is 0 Å². The highest BCUT2D eigenvalue weighted by molar-refractivity contribution is 5.81. The van der Waals surface area contributed by atoms with E-state index in [1.54, 1.807) is 6.33 Å². The van der Waals surface area contributed by atoms with Crippen LogP contribution >= 0.6 is 0 Å². The number of hydrogen-bond donors (Lipinski definition) is 2. The molecule has 0 saturated heterocycles. The van der Waals surface area contributed by atoms with Gasteiger partial charge in [0.2, 0.25) is 0 Å². The Hall–Kier alpha value is -2.63. The summed E-state index contributed by atoms with van der Waals surface area (Å²) < 4.78 is 5.76. The lowest BCUT2D eigenvalue weighted by Gasteiger charge is -2.19. The van der Waals surface area contributed by atoms with E-state index < -0.39 is 0 Å². The third-order valence-electron chi connectivity index (χ3n) is 3.61. The average Bonchev–Trinajstić information content (AvgIpc) is 3.00. The van der Waals surface area contributed by atoms with Crippen molar-refractivity contribution in [2.45, 2.75) is 26.2 Å². The molecule has 6 heteroatoms. The van der Waals surface area contributed by atoms with E-state index in [0.717, 1.165) is 17.1 Å². The van der Waals surface area contributed by atoms with Crippen LogP contribution in [-0.4, -0.2) is 33.1 Å². The Morgan fingerprint density at radius 3 is 2.61 bits per heavy atom. The van der Waals surface area contributed by atoms with Crippen LogP contribution in [0.5, 0.6) is 5.75 Å². The van der Waals surface area contributed by atoms with Gasteiger partial charge in [0.25, 0.3) is 0 Å². The molecule has 0 amide bonds. The van der Waals surface area contributed by atoms with Crippen molar-refractivity contribution in [3.8, 4) is 5.75 Å². The number of fused-ring (bicyclic) bond motifs is 1. The second-order valence-electron chi connectivity index (χ2n) is 6.37. The van der Waals surface area contributed by atoms with E-state index in [9.17, 15) is 0 Å². The van der Waals surface area contributed by atoms with Gasteiger partial charge in [-0.15, -0.1) is 0 Å². The number of ether oxygens (including phenoxy) is 1. The zero-order valence-electron chi connectivity index (χ0n) is 13.6. The van der Waals surface area contributed by atoms with E-state index in [2.05, 4.69) is 58.2 Å². The topological polar surface area (TPSA) is 75.7 Å². The third kappa shape index (κ3) is 3.59. The van der Waals surface area contributed by atoms with Crippen molar-refractivity contribution >= 4 is 17.0 Å². The lowest BCUT2D eigenvalue weighted by atomic mass is 9.87. The van der Waals surface area contributed by atoms with Crippen molar-refractivity contribution in [2.75, 3.05) is 18.5 Å². The average molecular weight is 311 g/mol. The van der Waals surface area contributed by atoms with Crippen LogP contribution in [0.3, 0.4) is 0 Å². The number of imidazole rings is 1. The molecule has 23 heavy (non-hydrogen) atoms. The summed E-state index contributed by atoms with van der Waals surface area (Å²) in [6.07, 6.45) is 3.11. The maximum atomic E-state index is 5.76. The molecule has 0 spiro atoms. The fourth-order valence-electron chi connectivity index (χ4n) is 2.29. The van der Waals surface area contributed by atoms with Crippen molar-refractivity contribution in [1.82, 2.24) is 19.9 Å². The van der Waals surface area contributed by atoms with E-state index in [1.807, 2.05) is 12.1 Å². The zero-order valence-corrected chi connectivity index (χ0v) is 13.6. The van der Waals surface area contributed by atoms with Crippen LogP contribution in [0.15, 0.2) is 36.9 Å². The van der Waals surface area contributed by atoms with Crippen LogP contribution in [0.25, 0.3) is 11.2 Å². The fourth-order valence-corrected chi connectivity index (χ4v) is 2.29. The molecule has 2 aromatic heterocycles. The van der Waals surface area contributed by atoms with Gasteiger partial charge in [-0.2, -0.15) is 0 Å². The molecule has 0 bridgehead atoms. The van der Waals surface area contributed by atoms with Gasteiger partial charge in [-0.3, -0.25) is 0 Å². The lowest BCUT2D eigenvalue weighted by Crippen LogP contribution is -2.13. The molecular weight excluding hydrogens is 290 g/mol. The van der Waals surface area contributed by atoms with E-state index >= 15 is 0 Å². The second-order valence-corrected chi connectivity index (χ2v) is 6.37. The Kier molecular flexibility index (Phi) is 4.14. The minimum Gasteiger partial charge on any atom is -0.492 e. The van der Waals surface area contributed by atoms with Crippen LogP contribution in [0.2, 0.25) is 0 Å². The van der Waals surface area contributed by atoms with E-state index in [1.165, 1.54) is 11.9 Å². The molecule has 0 radical (unpaired) electrons. The highest BCUT2D eigenvalue weighted by Gasteiger charge is 2.12. The Balaban J connectivity index is 1.53. The first kappa shape index (κ1) is 15.3. The van der Waals surface area contributed by atoms with E-state index in [0.29, 0.717) is 18.8 Å². The zero-order chi connectivity index (χ0) is 16.3. The summed E-state index contributed by atoms with van der Waals surface area (Å²) in [6.45, 7) is 7.79. The number of benzene rings is 1. The SMILES string of the molecule is CC(C)(C)c1ccc(OCCNc2ncnc3nc[nH]c23)cc1. The minimum atomic E-state index is 0.155. The Morgan fingerprint density at radius 2 is 1.87 bits per heavy atom. The molecular formula is C17H21N5O. The monoisotopic (exact) mass is 311 g/mol. The third-order valence-corrected chi connectivity index (χ3v) is 3.61. The molecule has 1 aromatic carbocycles. The molecule has 0 fully saturated rings. The molecule has 2 N–H and O–H groups in total. The highest BCUT2D eigenvalue weighted by atomic mass is 16.5. The maximum Gasteiger partial charge on any atom is 0.182 e. The summed E-state index contributed by atoms with van der Waals surface area (Å²) >= 11 is 0. The molecule has 0 unspecified atom stereocenters. The van der Waals surface area contributed by atoms with Crippen molar-refractivity contribution in [1.29, 1.82) is 0 Å². The second kappa shape index (κ2) is 6.24. The van der Waals surface area contributed by atoms with Crippen LogP contribution in [0.1, 0.15) is 26.3 Å².